The van der Waals surface area contributed by atoms with Gasteiger partial charge in [-0.3, -0.25) is 4.79 Å². The minimum atomic E-state index is -0.451. The summed E-state index contributed by atoms with van der Waals surface area (Å²) in [6.45, 7) is 4.00. The quantitative estimate of drug-likeness (QED) is 0.664. The van der Waals surface area contributed by atoms with Crippen LogP contribution in [0, 0.1) is 0 Å². The molecule has 1 aromatic heterocycles. The summed E-state index contributed by atoms with van der Waals surface area (Å²) in [5, 5.41) is 4.71. The van der Waals surface area contributed by atoms with Crippen molar-refractivity contribution in [2.45, 2.75) is 57.2 Å². The zero-order valence-electron chi connectivity index (χ0n) is 17.2. The molecule has 3 rings (SSSR count). The molecule has 3 atom stereocenters. The van der Waals surface area contributed by atoms with E-state index in [0.29, 0.717) is 24.5 Å². The van der Waals surface area contributed by atoms with Crippen molar-refractivity contribution < 1.29 is 14.3 Å². The molecule has 8 nitrogen and oxygen atoms in total. The van der Waals surface area contributed by atoms with E-state index < -0.39 is 5.91 Å². The topological polar surface area (TPSA) is 118 Å². The summed E-state index contributed by atoms with van der Waals surface area (Å²) in [4.78, 5) is 16.2. The number of hydrogen-bond acceptors (Lipinski definition) is 6. The Bertz CT molecular complexity index is 805. The molecule has 0 radical (unpaired) electrons. The van der Waals surface area contributed by atoms with Crippen molar-refractivity contribution in [1.29, 1.82) is 0 Å². The normalized spacial score (nSPS) is 22.0. The molecule has 1 aromatic carbocycles. The molecule has 0 unspecified atom stereocenters. The minimum Gasteiger partial charge on any atom is -0.383 e. The number of primary amides is 1. The second-order valence-corrected chi connectivity index (χ2v) is 7.53. The number of nitrogens with zero attached hydrogens (tertiary/aromatic N) is 3. The molecule has 1 aliphatic rings. The number of hydrogen-bond donors (Lipinski definition) is 2. The second kappa shape index (κ2) is 9.96. The summed E-state index contributed by atoms with van der Waals surface area (Å²) < 4.78 is 13.2. The van der Waals surface area contributed by atoms with Crippen LogP contribution in [0.15, 0.2) is 24.3 Å². The Morgan fingerprint density at radius 2 is 2.00 bits per heavy atom. The van der Waals surface area contributed by atoms with Crippen LogP contribution in [0.4, 0.5) is 0 Å². The van der Waals surface area contributed by atoms with Gasteiger partial charge in [-0.2, -0.15) is 5.10 Å². The van der Waals surface area contributed by atoms with Crippen LogP contribution < -0.4 is 11.5 Å². The van der Waals surface area contributed by atoms with Crippen molar-refractivity contribution >= 4 is 5.91 Å². The highest BCUT2D eigenvalue weighted by molar-refractivity contribution is 5.93. The van der Waals surface area contributed by atoms with E-state index in [1.54, 1.807) is 19.2 Å². The average Bonchev–Trinajstić information content (AvgIpc) is 3.16. The van der Waals surface area contributed by atoms with Crippen LogP contribution in [0.2, 0.25) is 0 Å². The molecule has 0 saturated heterocycles. The Morgan fingerprint density at radius 3 is 2.66 bits per heavy atom. The van der Waals surface area contributed by atoms with Crippen LogP contribution in [0.25, 0.3) is 11.4 Å². The van der Waals surface area contributed by atoms with Gasteiger partial charge in [0.15, 0.2) is 5.82 Å². The Hall–Kier alpha value is -2.29. The highest BCUT2D eigenvalue weighted by atomic mass is 16.5. The maximum Gasteiger partial charge on any atom is 0.248 e. The van der Waals surface area contributed by atoms with Gasteiger partial charge in [-0.1, -0.05) is 19.1 Å². The lowest BCUT2D eigenvalue weighted by Gasteiger charge is -2.33. The molecule has 4 N–H and O–H groups in total. The van der Waals surface area contributed by atoms with Gasteiger partial charge in [0.1, 0.15) is 5.82 Å². The number of carbonyl (C=O) groups is 1. The summed E-state index contributed by atoms with van der Waals surface area (Å²) in [6, 6.07) is 7.10. The Morgan fingerprint density at radius 1 is 1.24 bits per heavy atom. The third-order valence-corrected chi connectivity index (χ3v) is 5.38. The zero-order valence-corrected chi connectivity index (χ0v) is 17.2. The van der Waals surface area contributed by atoms with Gasteiger partial charge in [0, 0.05) is 36.8 Å². The fourth-order valence-electron chi connectivity index (χ4n) is 3.75. The van der Waals surface area contributed by atoms with Crippen LogP contribution >= 0.6 is 0 Å². The first-order chi connectivity index (χ1) is 14.0. The molecule has 1 aliphatic carbocycles. The largest absolute Gasteiger partial charge is 0.383 e. The summed E-state index contributed by atoms with van der Waals surface area (Å²) in [5.74, 6) is 1.35. The van der Waals surface area contributed by atoms with Crippen molar-refractivity contribution in [3.05, 3.63) is 35.7 Å². The van der Waals surface area contributed by atoms with Gasteiger partial charge >= 0.3 is 0 Å². The van der Waals surface area contributed by atoms with Crippen LogP contribution in [0.3, 0.4) is 0 Å². The number of aromatic nitrogens is 3. The predicted molar refractivity (Wildman–Crippen MR) is 110 cm³/mol. The number of methoxy groups -OCH3 is 1. The highest BCUT2D eigenvalue weighted by Gasteiger charge is 2.32. The van der Waals surface area contributed by atoms with Crippen LogP contribution in [0.5, 0.6) is 0 Å². The van der Waals surface area contributed by atoms with Gasteiger partial charge in [0.05, 0.1) is 19.3 Å². The van der Waals surface area contributed by atoms with E-state index in [9.17, 15) is 4.79 Å². The molecule has 1 saturated carbocycles. The van der Waals surface area contributed by atoms with E-state index in [0.717, 1.165) is 43.7 Å². The van der Waals surface area contributed by atoms with E-state index in [2.05, 4.69) is 6.92 Å². The molecular formula is C21H31N5O3. The smallest absolute Gasteiger partial charge is 0.248 e. The number of rotatable bonds is 9. The molecule has 1 fully saturated rings. The first-order valence-electron chi connectivity index (χ1n) is 10.2. The fraction of sp³-hybridized carbons (Fsp3) is 0.571. The van der Waals surface area contributed by atoms with E-state index in [4.69, 9.17) is 31.0 Å². The van der Waals surface area contributed by atoms with Gasteiger partial charge in [-0.15, -0.1) is 0 Å². The third-order valence-electron chi connectivity index (χ3n) is 5.38. The lowest BCUT2D eigenvalue weighted by molar-refractivity contribution is 0.00851. The van der Waals surface area contributed by atoms with Crippen molar-refractivity contribution in [3.8, 4) is 11.4 Å². The second-order valence-electron chi connectivity index (χ2n) is 7.53. The summed E-state index contributed by atoms with van der Waals surface area (Å²) in [7, 11) is 1.67. The monoisotopic (exact) mass is 401 g/mol. The van der Waals surface area contributed by atoms with Gasteiger partial charge in [-0.05, 0) is 37.8 Å². The highest BCUT2D eigenvalue weighted by Crippen LogP contribution is 2.34. The Balaban J connectivity index is 1.85. The molecule has 8 heteroatoms. The molecule has 1 amide bonds. The number of carbonyl (C=O) groups excluding carboxylic acids is 1. The molecule has 0 aliphatic heterocycles. The first kappa shape index (κ1) is 21.4. The standard InChI is InChI=1S/C21H31N5O3/c1-3-11-29-18-13-16(8-9-17(18)22)21-24-20(25-26(21)10-12-28-2)15-6-4-14(5-7-15)19(23)27/h4-7,16-18H,3,8-13,22H2,1-2H3,(H2,23,27)/t16-,17+,18+/m0/s1. The van der Waals surface area contributed by atoms with Crippen molar-refractivity contribution in [2.75, 3.05) is 20.3 Å². The van der Waals surface area contributed by atoms with E-state index in [-0.39, 0.29) is 18.1 Å². The first-order valence-corrected chi connectivity index (χ1v) is 10.2. The van der Waals surface area contributed by atoms with Crippen LogP contribution in [-0.4, -0.2) is 53.1 Å². The number of amides is 1. The third kappa shape index (κ3) is 5.20. The average molecular weight is 402 g/mol. The van der Waals surface area contributed by atoms with E-state index >= 15 is 0 Å². The number of ether oxygens (including phenoxy) is 2. The lowest BCUT2D eigenvalue weighted by atomic mass is 9.83. The summed E-state index contributed by atoms with van der Waals surface area (Å²) in [6.07, 6.45) is 3.72. The van der Waals surface area contributed by atoms with Crippen molar-refractivity contribution in [2.24, 2.45) is 11.5 Å². The molecular weight excluding hydrogens is 370 g/mol. The van der Waals surface area contributed by atoms with Crippen molar-refractivity contribution in [1.82, 2.24) is 14.8 Å². The molecule has 29 heavy (non-hydrogen) atoms. The molecule has 2 aromatic rings. The van der Waals surface area contributed by atoms with Gasteiger partial charge in [-0.25, -0.2) is 9.67 Å². The fourth-order valence-corrected chi connectivity index (χ4v) is 3.75. The maximum atomic E-state index is 11.3. The Labute approximate surface area is 171 Å². The van der Waals surface area contributed by atoms with E-state index in [1.165, 1.54) is 0 Å². The Kier molecular flexibility index (Phi) is 7.35. The lowest BCUT2D eigenvalue weighted by Crippen LogP contribution is -2.42. The number of benzene rings is 1. The zero-order chi connectivity index (χ0) is 20.8. The van der Waals surface area contributed by atoms with Crippen LogP contribution in [0.1, 0.15) is 54.7 Å². The maximum absolute atomic E-state index is 11.3. The molecule has 0 bridgehead atoms. The molecule has 0 spiro atoms. The number of nitrogens with two attached hydrogens (primary N) is 2. The predicted octanol–water partition coefficient (Wildman–Crippen LogP) is 2.08. The van der Waals surface area contributed by atoms with Crippen LogP contribution in [-0.2, 0) is 16.0 Å². The van der Waals surface area contributed by atoms with Crippen molar-refractivity contribution in [3.63, 3.8) is 0 Å². The van der Waals surface area contributed by atoms with Gasteiger partial charge in [0.25, 0.3) is 0 Å². The molecule has 1 heterocycles. The SMILES string of the molecule is CCCO[C@@H]1C[C@@H](c2nc(-c3ccc(C(N)=O)cc3)nn2CCOC)CC[C@H]1N. The molecule has 158 valence electrons. The summed E-state index contributed by atoms with van der Waals surface area (Å²) in [5.41, 5.74) is 12.9. The van der Waals surface area contributed by atoms with Gasteiger partial charge < -0.3 is 20.9 Å². The minimum absolute atomic E-state index is 0.0413. The van der Waals surface area contributed by atoms with E-state index in [1.807, 2.05) is 16.8 Å². The summed E-state index contributed by atoms with van der Waals surface area (Å²) >= 11 is 0. The van der Waals surface area contributed by atoms with Gasteiger partial charge in [0.2, 0.25) is 5.91 Å².